The number of benzene rings is 2. The first-order valence-corrected chi connectivity index (χ1v) is 7.46. The van der Waals surface area contributed by atoms with Crippen molar-refractivity contribution < 1.29 is 4.74 Å². The maximum atomic E-state index is 6.03. The monoisotopic (exact) mass is 358 g/mol. The van der Waals surface area contributed by atoms with Gasteiger partial charge < -0.3 is 10.5 Å². The number of ether oxygens (including phenoxy) is 1. The molecule has 3 rings (SSSR count). The van der Waals surface area contributed by atoms with Crippen LogP contribution < -0.4 is 10.5 Å². The third-order valence-electron chi connectivity index (χ3n) is 3.01. The molecular weight excluding hydrogens is 348 g/mol. The Morgan fingerprint density at radius 3 is 2.71 bits per heavy atom. The predicted molar refractivity (Wildman–Crippen MR) is 91.8 cm³/mol. The minimum absolute atomic E-state index is 0.262. The molecule has 0 amide bonds. The number of rotatable bonds is 3. The molecule has 2 N–H and O–H groups in total. The van der Waals surface area contributed by atoms with Crippen molar-refractivity contribution in [1.82, 2.24) is 4.98 Å². The molecule has 0 saturated heterocycles. The van der Waals surface area contributed by atoms with Crippen LogP contribution in [0.4, 0.5) is 0 Å². The van der Waals surface area contributed by atoms with Crippen LogP contribution in [0.1, 0.15) is 5.56 Å². The Morgan fingerprint density at radius 1 is 1.14 bits per heavy atom. The summed E-state index contributed by atoms with van der Waals surface area (Å²) in [4.78, 5) is 4.63. The quantitative estimate of drug-likeness (QED) is 0.703. The summed E-state index contributed by atoms with van der Waals surface area (Å²) in [7, 11) is 0. The van der Waals surface area contributed by atoms with E-state index in [9.17, 15) is 0 Å². The van der Waals surface area contributed by atoms with Crippen molar-refractivity contribution >= 4 is 44.0 Å². The number of pyridine rings is 1. The van der Waals surface area contributed by atoms with E-state index in [1.54, 1.807) is 6.20 Å². The second-order valence-corrected chi connectivity index (χ2v) is 5.80. The molecule has 1 aromatic heterocycles. The van der Waals surface area contributed by atoms with Gasteiger partial charge in [-0.1, -0.05) is 46.3 Å². The molecular formula is C16H11BrN2OS. The van der Waals surface area contributed by atoms with E-state index in [2.05, 4.69) is 20.9 Å². The van der Waals surface area contributed by atoms with Gasteiger partial charge in [-0.15, -0.1) is 0 Å². The molecule has 0 atom stereocenters. The lowest BCUT2D eigenvalue weighted by Gasteiger charge is -2.13. The predicted octanol–water partition coefficient (Wildman–Crippen LogP) is 4.42. The maximum absolute atomic E-state index is 6.03. The summed E-state index contributed by atoms with van der Waals surface area (Å²) in [6.07, 6.45) is 1.65. The van der Waals surface area contributed by atoms with E-state index in [0.29, 0.717) is 17.1 Å². The zero-order valence-electron chi connectivity index (χ0n) is 10.9. The van der Waals surface area contributed by atoms with Crippen LogP contribution >= 0.6 is 28.1 Å². The molecule has 0 saturated carbocycles. The van der Waals surface area contributed by atoms with Gasteiger partial charge in [0.15, 0.2) is 0 Å². The molecule has 0 unspecified atom stereocenters. The van der Waals surface area contributed by atoms with E-state index in [4.69, 9.17) is 22.7 Å². The Balaban J connectivity index is 2.18. The van der Waals surface area contributed by atoms with Gasteiger partial charge in [-0.05, 0) is 30.3 Å². The fourth-order valence-corrected chi connectivity index (χ4v) is 2.57. The Bertz CT molecular complexity index is 835. The highest BCUT2D eigenvalue weighted by Gasteiger charge is 2.13. The molecule has 3 aromatic rings. The number of nitrogens with two attached hydrogens (primary N) is 1. The van der Waals surface area contributed by atoms with Crippen LogP contribution in [0, 0.1) is 0 Å². The molecule has 0 aliphatic carbocycles. The summed E-state index contributed by atoms with van der Waals surface area (Å²) in [6, 6.07) is 15.3. The smallest absolute Gasteiger partial charge is 0.148 e. The molecule has 0 spiro atoms. The second-order valence-electron chi connectivity index (χ2n) is 4.44. The first kappa shape index (κ1) is 14.0. The average molecular weight is 359 g/mol. The molecule has 21 heavy (non-hydrogen) atoms. The highest BCUT2D eigenvalue weighted by atomic mass is 79.9. The highest BCUT2D eigenvalue weighted by Crippen LogP contribution is 2.33. The first-order valence-electron chi connectivity index (χ1n) is 6.26. The van der Waals surface area contributed by atoms with Crippen molar-refractivity contribution in [2.45, 2.75) is 0 Å². The van der Waals surface area contributed by atoms with Crippen molar-refractivity contribution in [3.05, 3.63) is 64.8 Å². The summed E-state index contributed by atoms with van der Waals surface area (Å²) >= 11 is 8.53. The average Bonchev–Trinajstić information content (AvgIpc) is 2.47. The molecule has 0 fully saturated rings. The van der Waals surface area contributed by atoms with Gasteiger partial charge in [0.05, 0.1) is 11.1 Å². The summed E-state index contributed by atoms with van der Waals surface area (Å²) in [5.74, 6) is 1.34. The van der Waals surface area contributed by atoms with E-state index in [-0.39, 0.29) is 4.99 Å². The van der Waals surface area contributed by atoms with Gasteiger partial charge >= 0.3 is 0 Å². The number of thiocarbonyl (C=S) groups is 1. The number of fused-ring (bicyclic) bond motifs is 1. The minimum atomic E-state index is 0.262. The van der Waals surface area contributed by atoms with Crippen LogP contribution in [-0.4, -0.2) is 9.97 Å². The van der Waals surface area contributed by atoms with Crippen LogP contribution in [0.3, 0.4) is 0 Å². The summed E-state index contributed by atoms with van der Waals surface area (Å²) in [5.41, 5.74) is 7.26. The van der Waals surface area contributed by atoms with Gasteiger partial charge in [0, 0.05) is 16.1 Å². The third-order valence-corrected chi connectivity index (χ3v) is 3.72. The zero-order valence-corrected chi connectivity index (χ0v) is 13.3. The van der Waals surface area contributed by atoms with Gasteiger partial charge in [-0.25, -0.2) is 0 Å². The molecule has 2 aromatic carbocycles. The topological polar surface area (TPSA) is 48.1 Å². The Hall–Kier alpha value is -1.98. The van der Waals surface area contributed by atoms with Crippen molar-refractivity contribution in [3.63, 3.8) is 0 Å². The fraction of sp³-hybridized carbons (Fsp3) is 0. The second kappa shape index (κ2) is 5.79. The molecule has 0 radical (unpaired) electrons. The Kier molecular flexibility index (Phi) is 3.86. The Labute approximate surface area is 135 Å². The largest absolute Gasteiger partial charge is 0.456 e. The number of aromatic nitrogens is 1. The van der Waals surface area contributed by atoms with E-state index < -0.39 is 0 Å². The minimum Gasteiger partial charge on any atom is -0.456 e. The molecule has 0 aliphatic rings. The molecule has 3 nitrogen and oxygen atoms in total. The Morgan fingerprint density at radius 2 is 1.95 bits per heavy atom. The summed E-state index contributed by atoms with van der Waals surface area (Å²) < 4.78 is 6.97. The van der Waals surface area contributed by atoms with E-state index >= 15 is 0 Å². The number of para-hydroxylation sites is 1. The van der Waals surface area contributed by atoms with Crippen molar-refractivity contribution in [1.29, 1.82) is 0 Å². The van der Waals surface area contributed by atoms with Crippen LogP contribution in [0.5, 0.6) is 11.5 Å². The maximum Gasteiger partial charge on any atom is 0.148 e. The normalized spacial score (nSPS) is 10.5. The SMILES string of the molecule is NC(=S)c1cnc2ccccc2c1Oc1cccc(Br)c1. The number of nitrogens with zero attached hydrogens (tertiary/aromatic N) is 1. The fourth-order valence-electron chi connectivity index (χ4n) is 2.05. The zero-order chi connectivity index (χ0) is 14.8. The molecule has 1 heterocycles. The molecule has 0 bridgehead atoms. The molecule has 104 valence electrons. The van der Waals surface area contributed by atoms with Crippen molar-refractivity contribution in [3.8, 4) is 11.5 Å². The number of hydrogen-bond acceptors (Lipinski definition) is 3. The van der Waals surface area contributed by atoms with Crippen LogP contribution in [0.25, 0.3) is 10.9 Å². The van der Waals surface area contributed by atoms with Crippen LogP contribution in [0.15, 0.2) is 59.2 Å². The van der Waals surface area contributed by atoms with Crippen molar-refractivity contribution in [2.75, 3.05) is 0 Å². The van der Waals surface area contributed by atoms with E-state index in [0.717, 1.165) is 15.4 Å². The van der Waals surface area contributed by atoms with Gasteiger partial charge in [0.25, 0.3) is 0 Å². The van der Waals surface area contributed by atoms with E-state index in [1.807, 2.05) is 48.5 Å². The standard InChI is InChI=1S/C16H11BrN2OS/c17-10-4-3-5-11(8-10)20-15-12-6-1-2-7-14(12)19-9-13(15)16(18)21/h1-9H,(H2,18,21). The van der Waals surface area contributed by atoms with Gasteiger partial charge in [0.2, 0.25) is 0 Å². The third kappa shape index (κ3) is 2.89. The van der Waals surface area contributed by atoms with E-state index in [1.165, 1.54) is 0 Å². The van der Waals surface area contributed by atoms with Crippen LogP contribution in [0.2, 0.25) is 0 Å². The number of hydrogen-bond donors (Lipinski definition) is 1. The number of halogens is 1. The van der Waals surface area contributed by atoms with Gasteiger partial charge in [0.1, 0.15) is 16.5 Å². The van der Waals surface area contributed by atoms with Crippen LogP contribution in [-0.2, 0) is 0 Å². The van der Waals surface area contributed by atoms with Crippen molar-refractivity contribution in [2.24, 2.45) is 5.73 Å². The lowest BCUT2D eigenvalue weighted by molar-refractivity contribution is 0.486. The lowest BCUT2D eigenvalue weighted by atomic mass is 10.1. The summed E-state index contributed by atoms with van der Waals surface area (Å²) in [5, 5.41) is 0.878. The lowest BCUT2D eigenvalue weighted by Crippen LogP contribution is -2.11. The summed E-state index contributed by atoms with van der Waals surface area (Å²) in [6.45, 7) is 0. The van der Waals surface area contributed by atoms with Gasteiger partial charge in [-0.2, -0.15) is 0 Å². The molecule has 0 aliphatic heterocycles. The van der Waals surface area contributed by atoms with Gasteiger partial charge in [-0.3, -0.25) is 4.98 Å². The molecule has 5 heteroatoms. The first-order chi connectivity index (χ1) is 10.1. The highest BCUT2D eigenvalue weighted by molar-refractivity contribution is 9.10.